The van der Waals surface area contributed by atoms with E-state index in [9.17, 15) is 0 Å². The van der Waals surface area contributed by atoms with Gasteiger partial charge in [-0.1, -0.05) is 35.0 Å². The van der Waals surface area contributed by atoms with Gasteiger partial charge in [-0.15, -0.1) is 0 Å². The molecule has 0 aliphatic heterocycles. The maximum absolute atomic E-state index is 5.76. The van der Waals surface area contributed by atoms with Crippen molar-refractivity contribution in [2.75, 3.05) is 0 Å². The fourth-order valence-corrected chi connectivity index (χ4v) is 2.79. The standard InChI is InChI=1S/C15H21BrN4/c1-3-13-10-15(20(4-2)19-13)14(18-17)9-11-6-5-7-12(16)8-11/h5-8,10,14,18H,3-4,9,17H2,1-2H3. The molecule has 1 aromatic heterocycles. The van der Waals surface area contributed by atoms with Gasteiger partial charge in [0.25, 0.3) is 0 Å². The van der Waals surface area contributed by atoms with E-state index in [4.69, 9.17) is 5.84 Å². The predicted molar refractivity (Wildman–Crippen MR) is 85.2 cm³/mol. The predicted octanol–water partition coefficient (Wildman–Crippen LogP) is 2.98. The molecule has 108 valence electrons. The van der Waals surface area contributed by atoms with Gasteiger partial charge < -0.3 is 0 Å². The number of nitrogens with two attached hydrogens (primary N) is 1. The van der Waals surface area contributed by atoms with Gasteiger partial charge >= 0.3 is 0 Å². The van der Waals surface area contributed by atoms with E-state index < -0.39 is 0 Å². The molecule has 4 nitrogen and oxygen atoms in total. The second-order valence-electron chi connectivity index (χ2n) is 4.78. The minimum absolute atomic E-state index is 0.0667. The lowest BCUT2D eigenvalue weighted by molar-refractivity contribution is 0.489. The summed E-state index contributed by atoms with van der Waals surface area (Å²) < 4.78 is 3.12. The molecule has 0 fully saturated rings. The summed E-state index contributed by atoms with van der Waals surface area (Å²) in [5.41, 5.74) is 6.42. The van der Waals surface area contributed by atoms with Crippen LogP contribution in [0.1, 0.15) is 36.8 Å². The van der Waals surface area contributed by atoms with Crippen LogP contribution in [0.15, 0.2) is 34.8 Å². The number of nitrogens with one attached hydrogen (secondary N) is 1. The number of rotatable bonds is 6. The number of hydrogen-bond acceptors (Lipinski definition) is 3. The van der Waals surface area contributed by atoms with Crippen molar-refractivity contribution in [2.24, 2.45) is 5.84 Å². The number of halogens is 1. The van der Waals surface area contributed by atoms with Gasteiger partial charge in [-0.25, -0.2) is 0 Å². The van der Waals surface area contributed by atoms with E-state index in [0.717, 1.165) is 35.2 Å². The summed E-state index contributed by atoms with van der Waals surface area (Å²) in [6.45, 7) is 5.07. The lowest BCUT2D eigenvalue weighted by Gasteiger charge is -2.17. The van der Waals surface area contributed by atoms with E-state index in [2.05, 4.69) is 58.5 Å². The van der Waals surface area contributed by atoms with Gasteiger partial charge in [-0.3, -0.25) is 16.0 Å². The van der Waals surface area contributed by atoms with Gasteiger partial charge in [-0.05, 0) is 43.5 Å². The molecule has 2 aromatic rings. The van der Waals surface area contributed by atoms with Crippen LogP contribution in [0.4, 0.5) is 0 Å². The quantitative estimate of drug-likeness (QED) is 0.629. The van der Waals surface area contributed by atoms with Gasteiger partial charge in [0.2, 0.25) is 0 Å². The molecule has 0 spiro atoms. The third-order valence-electron chi connectivity index (χ3n) is 3.41. The number of hydrogen-bond donors (Lipinski definition) is 2. The molecular weight excluding hydrogens is 316 g/mol. The van der Waals surface area contributed by atoms with Crippen molar-refractivity contribution in [3.63, 3.8) is 0 Å². The fourth-order valence-electron chi connectivity index (χ4n) is 2.34. The van der Waals surface area contributed by atoms with Gasteiger partial charge in [0.05, 0.1) is 17.4 Å². The van der Waals surface area contributed by atoms with Crippen molar-refractivity contribution in [3.05, 3.63) is 51.8 Å². The number of benzene rings is 1. The largest absolute Gasteiger partial charge is 0.271 e. The highest BCUT2D eigenvalue weighted by molar-refractivity contribution is 9.10. The maximum atomic E-state index is 5.76. The minimum atomic E-state index is 0.0667. The summed E-state index contributed by atoms with van der Waals surface area (Å²) in [6.07, 6.45) is 1.78. The Morgan fingerprint density at radius 1 is 1.35 bits per heavy atom. The Hall–Kier alpha value is -1.17. The Balaban J connectivity index is 2.25. The minimum Gasteiger partial charge on any atom is -0.271 e. The van der Waals surface area contributed by atoms with Gasteiger partial charge in [0.1, 0.15) is 0 Å². The van der Waals surface area contributed by atoms with Crippen molar-refractivity contribution >= 4 is 15.9 Å². The van der Waals surface area contributed by atoms with Crippen LogP contribution in [0.5, 0.6) is 0 Å². The average molecular weight is 337 g/mol. The molecule has 1 atom stereocenters. The van der Waals surface area contributed by atoms with Crippen molar-refractivity contribution < 1.29 is 0 Å². The van der Waals surface area contributed by atoms with Crippen LogP contribution >= 0.6 is 15.9 Å². The second kappa shape index (κ2) is 7.02. The van der Waals surface area contributed by atoms with Crippen LogP contribution < -0.4 is 11.3 Å². The summed E-state index contributed by atoms with van der Waals surface area (Å²) in [7, 11) is 0. The highest BCUT2D eigenvalue weighted by Gasteiger charge is 2.17. The van der Waals surface area contributed by atoms with E-state index in [-0.39, 0.29) is 6.04 Å². The Bertz CT molecular complexity index is 565. The van der Waals surface area contributed by atoms with Crippen molar-refractivity contribution in [1.29, 1.82) is 0 Å². The van der Waals surface area contributed by atoms with Crippen LogP contribution in [-0.2, 0) is 19.4 Å². The highest BCUT2D eigenvalue weighted by atomic mass is 79.9. The van der Waals surface area contributed by atoms with E-state index in [1.807, 2.05) is 16.8 Å². The Labute approximate surface area is 128 Å². The molecule has 2 rings (SSSR count). The van der Waals surface area contributed by atoms with Crippen molar-refractivity contribution in [2.45, 2.75) is 39.3 Å². The maximum Gasteiger partial charge on any atom is 0.0669 e. The number of nitrogens with zero attached hydrogens (tertiary/aromatic N) is 2. The molecule has 5 heteroatoms. The summed E-state index contributed by atoms with van der Waals surface area (Å²) >= 11 is 3.50. The van der Waals surface area contributed by atoms with E-state index in [0.29, 0.717) is 0 Å². The molecule has 0 aliphatic carbocycles. The monoisotopic (exact) mass is 336 g/mol. The zero-order valence-electron chi connectivity index (χ0n) is 11.9. The molecular formula is C15H21BrN4. The molecule has 0 amide bonds. The third-order valence-corrected chi connectivity index (χ3v) is 3.90. The fraction of sp³-hybridized carbons (Fsp3) is 0.400. The van der Waals surface area contributed by atoms with Crippen LogP contribution in [0.3, 0.4) is 0 Å². The molecule has 1 heterocycles. The van der Waals surface area contributed by atoms with Gasteiger partial charge in [-0.2, -0.15) is 5.10 Å². The second-order valence-corrected chi connectivity index (χ2v) is 5.70. The molecule has 0 radical (unpaired) electrons. The molecule has 20 heavy (non-hydrogen) atoms. The van der Waals surface area contributed by atoms with E-state index in [1.54, 1.807) is 0 Å². The van der Waals surface area contributed by atoms with Crippen LogP contribution in [0.25, 0.3) is 0 Å². The molecule has 1 aromatic carbocycles. The van der Waals surface area contributed by atoms with Gasteiger partial charge in [0, 0.05) is 11.0 Å². The molecule has 0 saturated carbocycles. The summed E-state index contributed by atoms with van der Waals surface area (Å²) in [4.78, 5) is 0. The molecule has 0 saturated heterocycles. The van der Waals surface area contributed by atoms with Gasteiger partial charge in [0.15, 0.2) is 0 Å². The first kappa shape index (κ1) is 15.2. The zero-order chi connectivity index (χ0) is 14.5. The normalized spacial score (nSPS) is 12.6. The SMILES string of the molecule is CCc1cc(C(Cc2cccc(Br)c2)NN)n(CC)n1. The molecule has 1 unspecified atom stereocenters. The highest BCUT2D eigenvalue weighted by Crippen LogP contribution is 2.21. The molecule has 3 N–H and O–H groups in total. The van der Waals surface area contributed by atoms with Crippen LogP contribution in [0.2, 0.25) is 0 Å². The van der Waals surface area contributed by atoms with Crippen molar-refractivity contribution in [3.8, 4) is 0 Å². The first-order chi connectivity index (χ1) is 9.67. The number of hydrazine groups is 1. The average Bonchev–Trinajstić information content (AvgIpc) is 2.88. The molecule has 0 aliphatic rings. The lowest BCUT2D eigenvalue weighted by Crippen LogP contribution is -2.31. The lowest BCUT2D eigenvalue weighted by atomic mass is 10.0. The first-order valence-corrected chi connectivity index (χ1v) is 7.74. The van der Waals surface area contributed by atoms with Crippen LogP contribution in [0, 0.1) is 0 Å². The summed E-state index contributed by atoms with van der Waals surface area (Å²) in [5, 5.41) is 4.59. The van der Waals surface area contributed by atoms with Crippen LogP contribution in [-0.4, -0.2) is 9.78 Å². The Morgan fingerprint density at radius 2 is 2.15 bits per heavy atom. The van der Waals surface area contributed by atoms with E-state index in [1.165, 1.54) is 5.56 Å². The number of aryl methyl sites for hydroxylation is 2. The Morgan fingerprint density at radius 3 is 2.75 bits per heavy atom. The number of aromatic nitrogens is 2. The first-order valence-electron chi connectivity index (χ1n) is 6.95. The third kappa shape index (κ3) is 3.48. The molecule has 0 bridgehead atoms. The smallest absolute Gasteiger partial charge is 0.0669 e. The summed E-state index contributed by atoms with van der Waals surface area (Å²) in [6, 6.07) is 10.5. The van der Waals surface area contributed by atoms with Crippen molar-refractivity contribution in [1.82, 2.24) is 15.2 Å². The van der Waals surface area contributed by atoms with E-state index >= 15 is 0 Å². The topological polar surface area (TPSA) is 55.9 Å². The zero-order valence-corrected chi connectivity index (χ0v) is 13.5. The summed E-state index contributed by atoms with van der Waals surface area (Å²) in [5.74, 6) is 5.76. The Kier molecular flexibility index (Phi) is 5.34.